The Bertz CT molecular complexity index is 484. The van der Waals surface area contributed by atoms with E-state index in [9.17, 15) is 0 Å². The second-order valence-corrected chi connectivity index (χ2v) is 4.78. The molecule has 0 fully saturated rings. The first-order valence-corrected chi connectivity index (χ1v) is 5.91. The van der Waals surface area contributed by atoms with Crippen molar-refractivity contribution in [3.8, 4) is 5.75 Å². The van der Waals surface area contributed by atoms with E-state index in [1.165, 1.54) is 5.56 Å². The van der Waals surface area contributed by atoms with E-state index in [4.69, 9.17) is 10.7 Å². The van der Waals surface area contributed by atoms with Crippen LogP contribution in [0, 0.1) is 6.92 Å². The second-order valence-electron chi connectivity index (χ2n) is 4.78. The van der Waals surface area contributed by atoms with E-state index in [1.807, 2.05) is 31.2 Å². The van der Waals surface area contributed by atoms with Crippen LogP contribution in [-0.4, -0.2) is 0 Å². The van der Waals surface area contributed by atoms with Crippen LogP contribution in [0.2, 0.25) is 0 Å². The molecule has 0 amide bonds. The van der Waals surface area contributed by atoms with E-state index in [0.29, 0.717) is 5.75 Å². The zero-order valence-electron chi connectivity index (χ0n) is 11.4. The average Bonchev–Trinajstić information content (AvgIpc) is 2.35. The molecular formula is C16H21NO. The Kier molecular flexibility index (Phi) is 4.51. The summed E-state index contributed by atoms with van der Waals surface area (Å²) in [6.45, 7) is 13.9. The Balaban J connectivity index is 3.27. The van der Waals surface area contributed by atoms with Gasteiger partial charge < -0.3 is 4.84 Å². The minimum Gasteiger partial charge on any atom is -0.411 e. The third kappa shape index (κ3) is 2.71. The maximum atomic E-state index is 5.20. The standard InChI is InChI=1S/C16H21NO/c1-6-8-13(7-2)16(4,5)14-9-10-15(18-17)12(3)11-14/h6-11H,1-2,17H2,3-5H3/b13-8+. The van der Waals surface area contributed by atoms with Crippen molar-refractivity contribution >= 4 is 0 Å². The molecule has 0 heterocycles. The lowest BCUT2D eigenvalue weighted by atomic mass is 9.77. The van der Waals surface area contributed by atoms with Crippen molar-refractivity contribution < 1.29 is 4.84 Å². The van der Waals surface area contributed by atoms with Gasteiger partial charge in [0.25, 0.3) is 0 Å². The van der Waals surface area contributed by atoms with Gasteiger partial charge >= 0.3 is 0 Å². The van der Waals surface area contributed by atoms with Crippen molar-refractivity contribution in [3.05, 3.63) is 66.3 Å². The van der Waals surface area contributed by atoms with Gasteiger partial charge in [-0.15, -0.1) is 0 Å². The molecule has 2 N–H and O–H groups in total. The molecule has 96 valence electrons. The number of allylic oxidation sites excluding steroid dienone is 4. The highest BCUT2D eigenvalue weighted by Crippen LogP contribution is 2.34. The summed E-state index contributed by atoms with van der Waals surface area (Å²) in [6.07, 6.45) is 5.63. The molecular weight excluding hydrogens is 222 g/mol. The Morgan fingerprint density at radius 1 is 1.33 bits per heavy atom. The Hall–Kier alpha value is -1.80. The van der Waals surface area contributed by atoms with Gasteiger partial charge in [0.2, 0.25) is 0 Å². The van der Waals surface area contributed by atoms with Gasteiger partial charge in [0.15, 0.2) is 0 Å². The van der Waals surface area contributed by atoms with Crippen molar-refractivity contribution in [2.75, 3.05) is 0 Å². The quantitative estimate of drug-likeness (QED) is 0.630. The predicted octanol–water partition coefficient (Wildman–Crippen LogP) is 3.82. The second kappa shape index (κ2) is 5.69. The van der Waals surface area contributed by atoms with Gasteiger partial charge in [-0.1, -0.05) is 57.4 Å². The molecule has 0 spiro atoms. The highest BCUT2D eigenvalue weighted by molar-refractivity contribution is 5.45. The first-order chi connectivity index (χ1) is 8.47. The van der Waals surface area contributed by atoms with Crippen LogP contribution in [0.25, 0.3) is 0 Å². The van der Waals surface area contributed by atoms with E-state index in [-0.39, 0.29) is 5.41 Å². The number of rotatable bonds is 5. The van der Waals surface area contributed by atoms with Crippen LogP contribution < -0.4 is 10.7 Å². The van der Waals surface area contributed by atoms with Gasteiger partial charge in [0.05, 0.1) is 0 Å². The summed E-state index contributed by atoms with van der Waals surface area (Å²) in [7, 11) is 0. The third-order valence-electron chi connectivity index (χ3n) is 3.26. The van der Waals surface area contributed by atoms with E-state index < -0.39 is 0 Å². The van der Waals surface area contributed by atoms with E-state index in [0.717, 1.165) is 11.1 Å². The lowest BCUT2D eigenvalue weighted by Crippen LogP contribution is -2.19. The van der Waals surface area contributed by atoms with Crippen molar-refractivity contribution in [2.45, 2.75) is 26.2 Å². The fourth-order valence-electron chi connectivity index (χ4n) is 2.00. The van der Waals surface area contributed by atoms with Crippen molar-refractivity contribution in [3.63, 3.8) is 0 Å². The summed E-state index contributed by atoms with van der Waals surface area (Å²) >= 11 is 0. The molecule has 0 aliphatic heterocycles. The van der Waals surface area contributed by atoms with Gasteiger partial charge in [-0.3, -0.25) is 0 Å². The van der Waals surface area contributed by atoms with Crippen molar-refractivity contribution in [1.82, 2.24) is 0 Å². The number of benzene rings is 1. The molecule has 1 rings (SSSR count). The lowest BCUT2D eigenvalue weighted by Gasteiger charge is -2.27. The molecule has 2 nitrogen and oxygen atoms in total. The Morgan fingerprint density at radius 3 is 2.44 bits per heavy atom. The van der Waals surface area contributed by atoms with Crippen LogP contribution in [0.1, 0.15) is 25.0 Å². The summed E-state index contributed by atoms with van der Waals surface area (Å²) in [5.74, 6) is 5.90. The van der Waals surface area contributed by atoms with E-state index in [1.54, 1.807) is 6.08 Å². The van der Waals surface area contributed by atoms with Gasteiger partial charge in [0, 0.05) is 5.41 Å². The summed E-state index contributed by atoms with van der Waals surface area (Å²) in [5, 5.41) is 0. The number of hydrogen-bond donors (Lipinski definition) is 1. The molecule has 2 heteroatoms. The summed E-state index contributed by atoms with van der Waals surface area (Å²) in [6, 6.07) is 6.00. The van der Waals surface area contributed by atoms with Crippen LogP contribution >= 0.6 is 0 Å². The molecule has 0 bridgehead atoms. The molecule has 0 atom stereocenters. The van der Waals surface area contributed by atoms with Crippen molar-refractivity contribution in [2.24, 2.45) is 5.90 Å². The molecule has 0 unspecified atom stereocenters. The van der Waals surface area contributed by atoms with E-state index in [2.05, 4.69) is 33.1 Å². The van der Waals surface area contributed by atoms with Crippen LogP contribution in [0.3, 0.4) is 0 Å². The number of aryl methyl sites for hydroxylation is 1. The molecule has 1 aromatic rings. The van der Waals surface area contributed by atoms with Crippen LogP contribution in [-0.2, 0) is 5.41 Å². The zero-order chi connectivity index (χ0) is 13.8. The Morgan fingerprint density at radius 2 is 2.00 bits per heavy atom. The highest BCUT2D eigenvalue weighted by atomic mass is 16.6. The van der Waals surface area contributed by atoms with Crippen LogP contribution in [0.15, 0.2) is 55.2 Å². The monoisotopic (exact) mass is 243 g/mol. The molecule has 18 heavy (non-hydrogen) atoms. The summed E-state index contributed by atoms with van der Waals surface area (Å²) in [5.41, 5.74) is 3.20. The maximum absolute atomic E-state index is 5.20. The first-order valence-electron chi connectivity index (χ1n) is 5.91. The van der Waals surface area contributed by atoms with Crippen molar-refractivity contribution in [1.29, 1.82) is 0 Å². The van der Waals surface area contributed by atoms with Gasteiger partial charge in [-0.05, 0) is 29.7 Å². The van der Waals surface area contributed by atoms with Crippen LogP contribution in [0.5, 0.6) is 5.75 Å². The minimum absolute atomic E-state index is 0.131. The van der Waals surface area contributed by atoms with E-state index >= 15 is 0 Å². The summed E-state index contributed by atoms with van der Waals surface area (Å²) < 4.78 is 0. The highest BCUT2D eigenvalue weighted by Gasteiger charge is 2.24. The molecule has 0 saturated heterocycles. The fraction of sp³-hybridized carbons (Fsp3) is 0.250. The third-order valence-corrected chi connectivity index (χ3v) is 3.26. The predicted molar refractivity (Wildman–Crippen MR) is 77.5 cm³/mol. The molecule has 1 aromatic carbocycles. The molecule has 0 aliphatic carbocycles. The smallest absolute Gasteiger partial charge is 0.149 e. The Labute approximate surface area is 109 Å². The largest absolute Gasteiger partial charge is 0.411 e. The van der Waals surface area contributed by atoms with Crippen LogP contribution in [0.4, 0.5) is 0 Å². The molecule has 0 aromatic heterocycles. The number of nitrogens with two attached hydrogens (primary N) is 1. The molecule has 0 saturated carbocycles. The van der Waals surface area contributed by atoms with Gasteiger partial charge in [-0.2, -0.15) is 5.90 Å². The number of hydrogen-bond acceptors (Lipinski definition) is 2. The van der Waals surface area contributed by atoms with Gasteiger partial charge in [0.1, 0.15) is 5.75 Å². The molecule has 0 aliphatic rings. The zero-order valence-corrected chi connectivity index (χ0v) is 11.4. The topological polar surface area (TPSA) is 35.2 Å². The average molecular weight is 243 g/mol. The first kappa shape index (κ1) is 14.3. The molecule has 0 radical (unpaired) electrons. The SMILES string of the molecule is C=C/C=C(\C=C)C(C)(C)c1ccc(ON)c(C)c1. The minimum atomic E-state index is -0.131. The lowest BCUT2D eigenvalue weighted by molar-refractivity contribution is 0.332. The fourth-order valence-corrected chi connectivity index (χ4v) is 2.00. The van der Waals surface area contributed by atoms with Gasteiger partial charge in [-0.25, -0.2) is 0 Å². The maximum Gasteiger partial charge on any atom is 0.149 e. The normalized spacial score (nSPS) is 12.1. The summed E-state index contributed by atoms with van der Waals surface area (Å²) in [4.78, 5) is 4.80.